The largest absolute Gasteiger partial charge is 0.349 e. The summed E-state index contributed by atoms with van der Waals surface area (Å²) in [5.41, 5.74) is 0.398. The topological polar surface area (TPSA) is 62.6 Å². The molecule has 0 aliphatic heterocycles. The second kappa shape index (κ2) is 9.75. The van der Waals surface area contributed by atoms with E-state index in [1.165, 1.54) is 0 Å². The van der Waals surface area contributed by atoms with Gasteiger partial charge in [0.2, 0.25) is 0 Å². The molecule has 0 saturated heterocycles. The summed E-state index contributed by atoms with van der Waals surface area (Å²) in [6, 6.07) is 5.17. The third-order valence-electron chi connectivity index (χ3n) is 3.28. The molecule has 3 N–H and O–H groups in total. The van der Waals surface area contributed by atoms with E-state index in [1.54, 1.807) is 25.2 Å². The molecule has 0 bridgehead atoms. The van der Waals surface area contributed by atoms with Crippen LogP contribution < -0.4 is 15.5 Å². The van der Waals surface area contributed by atoms with E-state index in [0.717, 1.165) is 17.7 Å². The van der Waals surface area contributed by atoms with Gasteiger partial charge in [0.15, 0.2) is 13.1 Å². The Morgan fingerprint density at radius 3 is 2.30 bits per heavy atom. The molecule has 23 heavy (non-hydrogen) atoms. The average Bonchev–Trinajstić information content (AvgIpc) is 2.42. The normalized spacial score (nSPS) is 13.3. The summed E-state index contributed by atoms with van der Waals surface area (Å²) in [6.07, 6.45) is 1.96. The van der Waals surface area contributed by atoms with Gasteiger partial charge in [-0.1, -0.05) is 42.6 Å². The van der Waals surface area contributed by atoms with Crippen molar-refractivity contribution in [3.63, 3.8) is 0 Å². The number of benzene rings is 1. The van der Waals surface area contributed by atoms with Gasteiger partial charge in [-0.3, -0.25) is 9.59 Å². The lowest BCUT2D eigenvalue weighted by molar-refractivity contribution is -0.862. The van der Waals surface area contributed by atoms with Gasteiger partial charge in [0.05, 0.1) is 22.8 Å². The molecule has 2 atom stereocenters. The van der Waals surface area contributed by atoms with E-state index in [4.69, 9.17) is 23.2 Å². The molecule has 0 fully saturated rings. The Bertz CT molecular complexity index is 532. The van der Waals surface area contributed by atoms with Crippen LogP contribution >= 0.6 is 23.2 Å². The molecular weight excluding hydrogens is 337 g/mol. The van der Waals surface area contributed by atoms with Crippen LogP contribution in [0.2, 0.25) is 10.0 Å². The molecule has 0 aliphatic carbocycles. The first kappa shape index (κ1) is 19.7. The lowest BCUT2D eigenvalue weighted by Gasteiger charge is -2.17. The van der Waals surface area contributed by atoms with Gasteiger partial charge in [-0.05, 0) is 25.5 Å². The fourth-order valence-corrected chi connectivity index (χ4v) is 2.73. The predicted octanol–water partition coefficient (Wildman–Crippen LogP) is 1.75. The van der Waals surface area contributed by atoms with E-state index in [-0.39, 0.29) is 30.9 Å². The summed E-state index contributed by atoms with van der Waals surface area (Å²) in [6.45, 7) is 4.43. The van der Waals surface area contributed by atoms with Gasteiger partial charge in [-0.25, -0.2) is 0 Å². The van der Waals surface area contributed by atoms with E-state index in [2.05, 4.69) is 17.6 Å². The van der Waals surface area contributed by atoms with Crippen LogP contribution in [0, 0.1) is 0 Å². The Morgan fingerprint density at radius 2 is 1.74 bits per heavy atom. The minimum absolute atomic E-state index is 0.0629. The number of anilines is 1. The van der Waals surface area contributed by atoms with E-state index in [1.807, 2.05) is 6.92 Å². The first-order chi connectivity index (χ1) is 10.8. The van der Waals surface area contributed by atoms with Crippen molar-refractivity contribution in [3.8, 4) is 0 Å². The summed E-state index contributed by atoms with van der Waals surface area (Å²) < 4.78 is 0. The number of para-hydroxylation sites is 1. The monoisotopic (exact) mass is 360 g/mol. The van der Waals surface area contributed by atoms with Crippen LogP contribution in [0.25, 0.3) is 0 Å². The molecule has 1 aromatic carbocycles. The van der Waals surface area contributed by atoms with Crippen molar-refractivity contribution >= 4 is 40.7 Å². The zero-order valence-electron chi connectivity index (χ0n) is 13.7. The molecule has 5 nitrogen and oxygen atoms in total. The number of hydrogen-bond acceptors (Lipinski definition) is 2. The molecule has 0 aromatic heterocycles. The minimum atomic E-state index is -0.244. The number of amides is 2. The van der Waals surface area contributed by atoms with Gasteiger partial charge in [0.1, 0.15) is 0 Å². The molecule has 0 spiro atoms. The Hall–Kier alpha value is -1.30. The lowest BCUT2D eigenvalue weighted by atomic mass is 10.2. The Morgan fingerprint density at radius 1 is 1.17 bits per heavy atom. The van der Waals surface area contributed by atoms with Gasteiger partial charge in [0.25, 0.3) is 11.8 Å². The summed E-state index contributed by atoms with van der Waals surface area (Å²) >= 11 is 12.0. The first-order valence-corrected chi connectivity index (χ1v) is 8.43. The van der Waals surface area contributed by atoms with Crippen molar-refractivity contribution < 1.29 is 14.5 Å². The van der Waals surface area contributed by atoms with Gasteiger partial charge >= 0.3 is 0 Å². The van der Waals surface area contributed by atoms with Crippen molar-refractivity contribution in [1.82, 2.24) is 5.32 Å². The Labute approximate surface area is 147 Å². The summed E-state index contributed by atoms with van der Waals surface area (Å²) in [5.74, 6) is -0.307. The molecule has 7 heteroatoms. The van der Waals surface area contributed by atoms with E-state index >= 15 is 0 Å². The molecule has 0 radical (unpaired) electrons. The third kappa shape index (κ3) is 7.20. The van der Waals surface area contributed by atoms with Crippen LogP contribution in [0.5, 0.6) is 0 Å². The smallest absolute Gasteiger partial charge is 0.279 e. The van der Waals surface area contributed by atoms with Crippen molar-refractivity contribution in [3.05, 3.63) is 28.2 Å². The number of carbonyl (C=O) groups excluding carboxylic acids is 2. The molecule has 2 amide bonds. The third-order valence-corrected chi connectivity index (χ3v) is 3.91. The van der Waals surface area contributed by atoms with Crippen LogP contribution in [0.3, 0.4) is 0 Å². The predicted molar refractivity (Wildman–Crippen MR) is 94.2 cm³/mol. The van der Waals surface area contributed by atoms with E-state index in [9.17, 15) is 9.59 Å². The van der Waals surface area contributed by atoms with Crippen LogP contribution in [0.15, 0.2) is 18.2 Å². The molecule has 0 saturated carbocycles. The number of hydrogen-bond donors (Lipinski definition) is 3. The van der Waals surface area contributed by atoms with Crippen molar-refractivity contribution in [2.24, 2.45) is 0 Å². The van der Waals surface area contributed by atoms with E-state index < -0.39 is 0 Å². The average molecular weight is 361 g/mol. The van der Waals surface area contributed by atoms with E-state index in [0.29, 0.717) is 15.7 Å². The number of nitrogens with one attached hydrogen (secondary N) is 3. The van der Waals surface area contributed by atoms with Crippen molar-refractivity contribution in [2.75, 3.05) is 25.5 Å². The maximum absolute atomic E-state index is 12.1. The van der Waals surface area contributed by atoms with Gasteiger partial charge in [0, 0.05) is 6.04 Å². The highest BCUT2D eigenvalue weighted by molar-refractivity contribution is 6.39. The molecule has 1 unspecified atom stereocenters. The highest BCUT2D eigenvalue weighted by Crippen LogP contribution is 2.29. The van der Waals surface area contributed by atoms with Crippen LogP contribution in [0.4, 0.5) is 5.69 Å². The van der Waals surface area contributed by atoms with Gasteiger partial charge in [-0.2, -0.15) is 0 Å². The molecule has 128 valence electrons. The summed E-state index contributed by atoms with van der Waals surface area (Å²) in [7, 11) is 1.79. The number of halogens is 2. The Kier molecular flexibility index (Phi) is 8.37. The quantitative estimate of drug-likeness (QED) is 0.661. The molecule has 1 rings (SSSR count). The SMILES string of the molecule is CCC[C@@H](C)NC(=O)C[NH+](C)CC(=O)Nc1c(Cl)cccc1Cl. The fourth-order valence-electron chi connectivity index (χ4n) is 2.24. The molecular formula is C16H24Cl2N3O2+. The maximum Gasteiger partial charge on any atom is 0.279 e. The van der Waals surface area contributed by atoms with Crippen LogP contribution in [-0.2, 0) is 9.59 Å². The molecule has 1 aromatic rings. The highest BCUT2D eigenvalue weighted by atomic mass is 35.5. The van der Waals surface area contributed by atoms with Gasteiger partial charge in [-0.15, -0.1) is 0 Å². The lowest BCUT2D eigenvalue weighted by Crippen LogP contribution is -3.11. The minimum Gasteiger partial charge on any atom is -0.349 e. The first-order valence-electron chi connectivity index (χ1n) is 7.68. The second-order valence-electron chi connectivity index (χ2n) is 5.71. The van der Waals surface area contributed by atoms with Crippen LogP contribution in [-0.4, -0.2) is 38.0 Å². The van der Waals surface area contributed by atoms with Crippen molar-refractivity contribution in [2.45, 2.75) is 32.7 Å². The maximum atomic E-state index is 12.1. The number of rotatable bonds is 8. The zero-order chi connectivity index (χ0) is 17.4. The highest BCUT2D eigenvalue weighted by Gasteiger charge is 2.17. The van der Waals surface area contributed by atoms with Crippen LogP contribution in [0.1, 0.15) is 26.7 Å². The number of carbonyl (C=O) groups is 2. The number of quaternary nitrogens is 1. The van der Waals surface area contributed by atoms with Crippen molar-refractivity contribution in [1.29, 1.82) is 0 Å². The fraction of sp³-hybridized carbons (Fsp3) is 0.500. The molecule has 0 heterocycles. The summed E-state index contributed by atoms with van der Waals surface area (Å²) in [5, 5.41) is 6.38. The number of likely N-dealkylation sites (N-methyl/N-ethyl adjacent to an activating group) is 1. The Balaban J connectivity index is 2.46. The second-order valence-corrected chi connectivity index (χ2v) is 6.53. The summed E-state index contributed by atoms with van der Waals surface area (Å²) in [4.78, 5) is 24.7. The standard InChI is InChI=1S/C16H23Cl2N3O2/c1-4-6-11(2)19-14(22)9-21(3)10-15(23)20-16-12(17)7-5-8-13(16)18/h5,7-8,11H,4,6,9-10H2,1-3H3,(H,19,22)(H,20,23)/p+1/t11-/m1/s1. The molecule has 0 aliphatic rings. The van der Waals surface area contributed by atoms with Gasteiger partial charge < -0.3 is 15.5 Å². The zero-order valence-corrected chi connectivity index (χ0v) is 15.2.